The van der Waals surface area contributed by atoms with Gasteiger partial charge in [-0.25, -0.2) is 19.6 Å². The highest BCUT2D eigenvalue weighted by Gasteiger charge is 2.49. The number of fused-ring (bicyclic) bond motifs is 3. The molecule has 53 heavy (non-hydrogen) atoms. The number of ether oxygens (including phenoxy) is 2. The standard InChI is InChI=1S/C41H40N8O4/c1-25-8-4-5-11-29(25)41(15-16-41)49-32(45-30-12-6-9-26(33(30)39(49)51)10-7-17-47-18-20-52-21-19-47)23-48-38-34(37(42)43-24-44-38)35(46-48)27-13-14-31(50)36-28(27)22-40(2,3)53-36/h4-6,8-9,11-14,24,50H,15-23H2,1-3H3,(H2,42,43,44). The maximum absolute atomic E-state index is 15.1. The molecule has 0 bridgehead atoms. The molecule has 1 saturated carbocycles. The second-order valence-corrected chi connectivity index (χ2v) is 14.8. The largest absolute Gasteiger partial charge is 0.504 e. The van der Waals surface area contributed by atoms with E-state index in [-0.39, 0.29) is 23.7 Å². The van der Waals surface area contributed by atoms with Crippen molar-refractivity contribution in [3.05, 3.63) is 99.4 Å². The first-order chi connectivity index (χ1) is 25.6. The Kier molecular flexibility index (Phi) is 7.76. The van der Waals surface area contributed by atoms with Crippen molar-refractivity contribution < 1.29 is 14.6 Å². The number of benzene rings is 3. The molecule has 2 fully saturated rings. The zero-order valence-electron chi connectivity index (χ0n) is 30.0. The van der Waals surface area contributed by atoms with Crippen LogP contribution < -0.4 is 16.0 Å². The van der Waals surface area contributed by atoms with Crippen molar-refractivity contribution in [2.45, 2.75) is 57.7 Å². The lowest BCUT2D eigenvalue weighted by molar-refractivity contribution is 0.0443. The number of anilines is 1. The van der Waals surface area contributed by atoms with Crippen molar-refractivity contribution in [3.63, 3.8) is 0 Å². The van der Waals surface area contributed by atoms with Gasteiger partial charge in [0.05, 0.1) is 41.6 Å². The molecule has 0 amide bonds. The number of nitrogens with zero attached hydrogens (tertiary/aromatic N) is 7. The molecule has 2 aliphatic heterocycles. The Morgan fingerprint density at radius 2 is 1.81 bits per heavy atom. The van der Waals surface area contributed by atoms with Gasteiger partial charge >= 0.3 is 0 Å². The Morgan fingerprint density at radius 3 is 2.60 bits per heavy atom. The van der Waals surface area contributed by atoms with Crippen LogP contribution in [0, 0.1) is 18.8 Å². The first kappa shape index (κ1) is 33.1. The van der Waals surface area contributed by atoms with Crippen LogP contribution in [0.3, 0.4) is 0 Å². The summed E-state index contributed by atoms with van der Waals surface area (Å²) in [6.07, 6.45) is 3.57. The Bertz CT molecular complexity index is 2570. The quantitative estimate of drug-likeness (QED) is 0.232. The summed E-state index contributed by atoms with van der Waals surface area (Å²) in [6, 6.07) is 17.4. The summed E-state index contributed by atoms with van der Waals surface area (Å²) in [5, 5.41) is 16.9. The normalized spacial score (nSPS) is 17.3. The predicted molar refractivity (Wildman–Crippen MR) is 202 cm³/mol. The highest BCUT2D eigenvalue weighted by Crippen LogP contribution is 2.51. The number of rotatable bonds is 6. The topological polar surface area (TPSA) is 146 Å². The highest BCUT2D eigenvalue weighted by molar-refractivity contribution is 5.99. The zero-order chi connectivity index (χ0) is 36.5. The molecule has 3 aromatic carbocycles. The van der Waals surface area contributed by atoms with Gasteiger partial charge in [-0.3, -0.25) is 14.3 Å². The third kappa shape index (κ3) is 5.59. The van der Waals surface area contributed by atoms with Crippen molar-refractivity contribution >= 4 is 27.8 Å². The number of morpholine rings is 1. The fourth-order valence-electron chi connectivity index (χ4n) is 8.09. The first-order valence-corrected chi connectivity index (χ1v) is 18.0. The molecule has 268 valence electrons. The minimum absolute atomic E-state index is 0.0720. The Balaban J connectivity index is 1.22. The van der Waals surface area contributed by atoms with Crippen LogP contribution in [0.5, 0.6) is 11.5 Å². The lowest BCUT2D eigenvalue weighted by atomic mass is 9.95. The number of aromatic hydroxyl groups is 1. The van der Waals surface area contributed by atoms with Crippen LogP contribution in [0.2, 0.25) is 0 Å². The molecule has 0 unspecified atom stereocenters. The number of nitrogens with two attached hydrogens (primary N) is 1. The number of nitrogen functional groups attached to an aromatic ring is 1. The third-order valence-electron chi connectivity index (χ3n) is 10.7. The Hall–Kier alpha value is -5.77. The molecule has 3 aromatic heterocycles. The van der Waals surface area contributed by atoms with Gasteiger partial charge in [0.25, 0.3) is 5.56 Å². The predicted octanol–water partition coefficient (Wildman–Crippen LogP) is 4.78. The smallest absolute Gasteiger partial charge is 0.263 e. The number of phenols is 1. The summed E-state index contributed by atoms with van der Waals surface area (Å²) in [4.78, 5) is 31.6. The number of aromatic nitrogens is 6. The van der Waals surface area contributed by atoms with E-state index in [2.05, 4.69) is 45.8 Å². The molecule has 3 N–H and O–H groups in total. The van der Waals surface area contributed by atoms with E-state index in [1.165, 1.54) is 6.33 Å². The molecule has 6 aromatic rings. The van der Waals surface area contributed by atoms with E-state index in [4.69, 9.17) is 25.3 Å². The van der Waals surface area contributed by atoms with Crippen LogP contribution in [0.1, 0.15) is 54.8 Å². The van der Waals surface area contributed by atoms with E-state index in [1.54, 1.807) is 10.7 Å². The lowest BCUT2D eigenvalue weighted by Gasteiger charge is -2.25. The van der Waals surface area contributed by atoms with E-state index in [9.17, 15) is 5.11 Å². The minimum atomic E-state index is -0.576. The summed E-state index contributed by atoms with van der Waals surface area (Å²) in [5.41, 5.74) is 11.5. The molecule has 1 aliphatic carbocycles. The number of aryl methyl sites for hydroxylation is 1. The van der Waals surface area contributed by atoms with Gasteiger partial charge in [-0.1, -0.05) is 42.2 Å². The molecular formula is C41H40N8O4. The summed E-state index contributed by atoms with van der Waals surface area (Å²) in [5.74, 6) is 7.96. The second kappa shape index (κ2) is 12.4. The van der Waals surface area contributed by atoms with Crippen molar-refractivity contribution in [1.82, 2.24) is 34.2 Å². The molecule has 1 saturated heterocycles. The van der Waals surface area contributed by atoms with Gasteiger partial charge in [-0.15, -0.1) is 0 Å². The van der Waals surface area contributed by atoms with Crippen LogP contribution >= 0.6 is 0 Å². The molecule has 0 atom stereocenters. The summed E-state index contributed by atoms with van der Waals surface area (Å²) >= 11 is 0. The van der Waals surface area contributed by atoms with Crippen molar-refractivity contribution in [2.24, 2.45) is 0 Å². The molecule has 9 rings (SSSR count). The third-order valence-corrected chi connectivity index (χ3v) is 10.7. The average Bonchev–Trinajstić information content (AvgIpc) is 3.74. The molecule has 12 heteroatoms. The van der Waals surface area contributed by atoms with Gasteiger partial charge in [-0.2, -0.15) is 5.10 Å². The number of hydrogen-bond donors (Lipinski definition) is 2. The van der Waals surface area contributed by atoms with E-state index >= 15 is 4.79 Å². The van der Waals surface area contributed by atoms with Crippen LogP contribution in [0.4, 0.5) is 5.82 Å². The SMILES string of the molecule is Cc1ccccc1C1(n2c(Cn3nc(-c4ccc(O)c5c4CC(C)(C)O5)c4c(N)ncnc43)nc3cccc(C#CCN4CCOCC4)c3c2=O)CC1. The molecule has 5 heterocycles. The fraction of sp³-hybridized carbons (Fsp3) is 0.341. The summed E-state index contributed by atoms with van der Waals surface area (Å²) < 4.78 is 15.3. The molecule has 12 nitrogen and oxygen atoms in total. The van der Waals surface area contributed by atoms with E-state index in [1.807, 2.05) is 54.8 Å². The van der Waals surface area contributed by atoms with Crippen molar-refractivity contribution in [2.75, 3.05) is 38.6 Å². The minimum Gasteiger partial charge on any atom is -0.504 e. The molecule has 0 spiro atoms. The van der Waals surface area contributed by atoms with Gasteiger partial charge in [0.1, 0.15) is 35.8 Å². The molecule has 0 radical (unpaired) electrons. The average molecular weight is 709 g/mol. The van der Waals surface area contributed by atoms with Gasteiger partial charge < -0.3 is 20.3 Å². The lowest BCUT2D eigenvalue weighted by Crippen LogP contribution is -2.36. The van der Waals surface area contributed by atoms with E-state index < -0.39 is 11.1 Å². The van der Waals surface area contributed by atoms with Gasteiger partial charge in [-0.05, 0) is 69.0 Å². The molecule has 3 aliphatic rings. The zero-order valence-corrected chi connectivity index (χ0v) is 30.0. The van der Waals surface area contributed by atoms with Gasteiger partial charge in [0.2, 0.25) is 0 Å². The summed E-state index contributed by atoms with van der Waals surface area (Å²) in [6.45, 7) is 9.86. The first-order valence-electron chi connectivity index (χ1n) is 18.0. The fourth-order valence-corrected chi connectivity index (χ4v) is 8.09. The second-order valence-electron chi connectivity index (χ2n) is 14.8. The van der Waals surface area contributed by atoms with Crippen LogP contribution in [-0.4, -0.2) is 77.8 Å². The number of phenolic OH excluding ortho intramolecular Hbond substituents is 1. The monoisotopic (exact) mass is 708 g/mol. The number of hydrogen-bond acceptors (Lipinski definition) is 10. The maximum Gasteiger partial charge on any atom is 0.263 e. The summed E-state index contributed by atoms with van der Waals surface area (Å²) in [7, 11) is 0. The van der Waals surface area contributed by atoms with E-state index in [0.717, 1.165) is 48.2 Å². The van der Waals surface area contributed by atoms with Gasteiger partial charge in [0.15, 0.2) is 17.1 Å². The van der Waals surface area contributed by atoms with E-state index in [0.29, 0.717) is 70.9 Å². The van der Waals surface area contributed by atoms with Crippen LogP contribution in [0.25, 0.3) is 33.2 Å². The van der Waals surface area contributed by atoms with Crippen molar-refractivity contribution in [1.29, 1.82) is 0 Å². The van der Waals surface area contributed by atoms with Crippen molar-refractivity contribution in [3.8, 4) is 34.6 Å². The molecular weight excluding hydrogens is 669 g/mol. The van der Waals surface area contributed by atoms with Crippen LogP contribution in [0.15, 0.2) is 65.7 Å². The Morgan fingerprint density at radius 1 is 1.00 bits per heavy atom. The van der Waals surface area contributed by atoms with Crippen LogP contribution in [-0.2, 0) is 23.2 Å². The Labute approximate surface area is 306 Å². The maximum atomic E-state index is 15.1. The van der Waals surface area contributed by atoms with Gasteiger partial charge in [0, 0.05) is 36.2 Å². The highest BCUT2D eigenvalue weighted by atomic mass is 16.5.